The third-order valence-electron chi connectivity index (χ3n) is 9.72. The van der Waals surface area contributed by atoms with Gasteiger partial charge in [0.15, 0.2) is 0 Å². The average molecular weight is 673 g/mol. The molecular weight excluding hydrogens is 616 g/mol. The molecule has 0 bridgehead atoms. The first kappa shape index (κ1) is 36.4. The Hall–Kier alpha value is -1.40. The van der Waals surface area contributed by atoms with Crippen LogP contribution in [0, 0.1) is 0 Å². The van der Waals surface area contributed by atoms with Gasteiger partial charge >= 0.3 is 0 Å². The van der Waals surface area contributed by atoms with Crippen LogP contribution in [-0.4, -0.2) is 49.3 Å². The smallest absolute Gasteiger partial charge is 0.0701 e. The maximum absolute atomic E-state index is 2.46. The molecule has 4 rings (SSSR count). The van der Waals surface area contributed by atoms with Gasteiger partial charge in [-0.2, -0.15) is 0 Å². The molecule has 0 unspecified atom stereocenters. The molecule has 0 N–H and O–H groups in total. The van der Waals surface area contributed by atoms with Crippen molar-refractivity contribution in [2.75, 3.05) is 49.3 Å². The van der Waals surface area contributed by atoms with Crippen molar-refractivity contribution in [3.05, 3.63) is 119 Å². The van der Waals surface area contributed by atoms with E-state index in [1.807, 2.05) is 0 Å². The van der Waals surface area contributed by atoms with Gasteiger partial charge in [0.25, 0.3) is 0 Å². The lowest BCUT2D eigenvalue weighted by molar-refractivity contribution is 0.746. The highest BCUT2D eigenvalue weighted by Gasteiger charge is 2.39. The average Bonchev–Trinajstić information content (AvgIpc) is 3.10. The molecule has 0 saturated carbocycles. The van der Waals surface area contributed by atoms with Gasteiger partial charge in [-0.15, -0.1) is 0 Å². The van der Waals surface area contributed by atoms with E-state index in [1.54, 1.807) is 0 Å². The highest BCUT2D eigenvalue weighted by Crippen LogP contribution is 2.47. The molecule has 0 radical (unpaired) electrons. The summed E-state index contributed by atoms with van der Waals surface area (Å²) in [5, 5.41) is 6.10. The molecule has 4 aromatic carbocycles. The second-order valence-electron chi connectivity index (χ2n) is 11.6. The second-order valence-corrected chi connectivity index (χ2v) is 23.1. The van der Waals surface area contributed by atoms with Crippen LogP contribution in [-0.2, 0) is 5.41 Å². The first-order chi connectivity index (χ1) is 21.9. The molecule has 4 heteroatoms. The normalized spacial score (nSPS) is 12.2. The fourth-order valence-electron chi connectivity index (χ4n) is 7.04. The van der Waals surface area contributed by atoms with E-state index >= 15 is 0 Å². The molecule has 4 aromatic rings. The zero-order valence-corrected chi connectivity index (χ0v) is 32.8. The predicted octanol–water partition coefficient (Wildman–Crippen LogP) is 10.7. The summed E-state index contributed by atoms with van der Waals surface area (Å²) < 4.78 is 0. The molecule has 0 heterocycles. The fraction of sp³-hybridized carbons (Fsp3) is 0.415. The SMILES string of the molecule is CCP(CC)c1ccc(C(c2ccc(P(CC)CC)cc2)(c2ccc(P(CC)CC)cc2)c2ccc(P(CC)CC)cc2)cc1. The number of hydrogen-bond acceptors (Lipinski definition) is 0. The van der Waals surface area contributed by atoms with Crippen molar-refractivity contribution < 1.29 is 0 Å². The van der Waals surface area contributed by atoms with Crippen molar-refractivity contribution in [2.24, 2.45) is 0 Å². The second kappa shape index (κ2) is 17.7. The molecule has 240 valence electrons. The van der Waals surface area contributed by atoms with Gasteiger partial charge in [0.1, 0.15) is 0 Å². The van der Waals surface area contributed by atoms with Crippen LogP contribution in [0.3, 0.4) is 0 Å². The van der Waals surface area contributed by atoms with Crippen molar-refractivity contribution in [3.8, 4) is 0 Å². The summed E-state index contributed by atoms with van der Waals surface area (Å²) in [6.45, 7) is 18.8. The lowest BCUT2D eigenvalue weighted by atomic mass is 9.65. The van der Waals surface area contributed by atoms with Crippen molar-refractivity contribution in [2.45, 2.75) is 60.8 Å². The molecule has 0 aliphatic rings. The Balaban J connectivity index is 2.03. The van der Waals surface area contributed by atoms with Gasteiger partial charge in [0.05, 0.1) is 5.41 Å². The predicted molar refractivity (Wildman–Crippen MR) is 215 cm³/mol. The van der Waals surface area contributed by atoms with Gasteiger partial charge < -0.3 is 0 Å². The molecule has 0 atom stereocenters. The van der Waals surface area contributed by atoms with Crippen LogP contribution >= 0.6 is 31.7 Å². The van der Waals surface area contributed by atoms with E-state index in [-0.39, 0.29) is 31.7 Å². The Bertz CT molecular complexity index is 1180. The summed E-state index contributed by atoms with van der Waals surface area (Å²) >= 11 is 0. The first-order valence-corrected chi connectivity index (χ1v) is 24.2. The van der Waals surface area contributed by atoms with Gasteiger partial charge in [-0.05, 0) is 92.8 Å². The summed E-state index contributed by atoms with van der Waals surface area (Å²) in [7, 11) is -0.412. The highest BCUT2D eigenvalue weighted by atomic mass is 31.1. The van der Waals surface area contributed by atoms with E-state index in [1.165, 1.54) is 92.8 Å². The van der Waals surface area contributed by atoms with Gasteiger partial charge in [-0.3, -0.25) is 0 Å². The summed E-state index contributed by atoms with van der Waals surface area (Å²) in [6, 6.07) is 39.3. The van der Waals surface area contributed by atoms with Gasteiger partial charge in [0, 0.05) is 0 Å². The summed E-state index contributed by atoms with van der Waals surface area (Å²) in [5.41, 5.74) is 5.10. The first-order valence-electron chi connectivity index (χ1n) is 17.4. The standard InChI is InChI=1S/C41H56P4/c1-9-42(10-2)37-25-17-33(18-26-37)41(34-19-27-38(28-20-34)43(11-3)12-4,35-21-29-39(30-22-35)44(13-5)14-6)36-23-31-40(32-24-36)45(15-7)16-8/h17-32H,9-16H2,1-8H3. The summed E-state index contributed by atoms with van der Waals surface area (Å²) in [4.78, 5) is 0. The van der Waals surface area contributed by atoms with Gasteiger partial charge in [-0.25, -0.2) is 0 Å². The van der Waals surface area contributed by atoms with Crippen LogP contribution < -0.4 is 21.2 Å². The third kappa shape index (κ3) is 7.85. The fourth-order valence-corrected chi connectivity index (χ4v) is 14.0. The van der Waals surface area contributed by atoms with Crippen molar-refractivity contribution >= 4 is 52.9 Å². The molecule has 0 aliphatic carbocycles. The molecule has 0 spiro atoms. The highest BCUT2D eigenvalue weighted by molar-refractivity contribution is 7.66. The van der Waals surface area contributed by atoms with Crippen molar-refractivity contribution in [3.63, 3.8) is 0 Å². The Kier molecular flexibility index (Phi) is 14.3. The minimum atomic E-state index is -0.390. The molecule has 0 amide bonds. The lowest BCUT2D eigenvalue weighted by Crippen LogP contribution is -2.32. The molecule has 0 aromatic heterocycles. The van der Waals surface area contributed by atoms with Crippen LogP contribution in [0.2, 0.25) is 0 Å². The van der Waals surface area contributed by atoms with E-state index in [0.29, 0.717) is 0 Å². The Morgan fingerprint density at radius 3 is 0.578 bits per heavy atom. The van der Waals surface area contributed by atoms with Crippen LogP contribution in [0.5, 0.6) is 0 Å². The van der Waals surface area contributed by atoms with Gasteiger partial charge in [-0.1, -0.05) is 184 Å². The molecular formula is C41H56P4. The van der Waals surface area contributed by atoms with E-state index in [9.17, 15) is 0 Å². The van der Waals surface area contributed by atoms with Crippen LogP contribution in [0.25, 0.3) is 0 Å². The molecule has 0 aliphatic heterocycles. The minimum Gasteiger partial charge on any atom is -0.0759 e. The topological polar surface area (TPSA) is 0 Å². The molecule has 0 nitrogen and oxygen atoms in total. The van der Waals surface area contributed by atoms with E-state index in [2.05, 4.69) is 152 Å². The minimum absolute atomic E-state index is 0.103. The summed E-state index contributed by atoms with van der Waals surface area (Å²) in [6.07, 6.45) is 9.95. The van der Waals surface area contributed by atoms with E-state index < -0.39 is 5.41 Å². The maximum Gasteiger partial charge on any atom is 0.0701 e. The van der Waals surface area contributed by atoms with Gasteiger partial charge in [0.2, 0.25) is 0 Å². The third-order valence-corrected chi connectivity index (χ3v) is 19.9. The number of benzene rings is 4. The van der Waals surface area contributed by atoms with Crippen LogP contribution in [0.1, 0.15) is 77.6 Å². The molecule has 0 saturated heterocycles. The molecule has 45 heavy (non-hydrogen) atoms. The molecule has 0 fully saturated rings. The van der Waals surface area contributed by atoms with Crippen LogP contribution in [0.4, 0.5) is 0 Å². The number of hydrogen-bond donors (Lipinski definition) is 0. The van der Waals surface area contributed by atoms with Crippen molar-refractivity contribution in [1.29, 1.82) is 0 Å². The quantitative estimate of drug-likeness (QED) is 0.0821. The lowest BCUT2D eigenvalue weighted by Gasteiger charge is -2.38. The van der Waals surface area contributed by atoms with Crippen LogP contribution in [0.15, 0.2) is 97.1 Å². The largest absolute Gasteiger partial charge is 0.0759 e. The monoisotopic (exact) mass is 672 g/mol. The maximum atomic E-state index is 2.46. The Morgan fingerprint density at radius 1 is 0.289 bits per heavy atom. The summed E-state index contributed by atoms with van der Waals surface area (Å²) in [5.74, 6) is 0. The van der Waals surface area contributed by atoms with E-state index in [0.717, 1.165) is 0 Å². The Morgan fingerprint density at radius 2 is 0.444 bits per heavy atom. The Labute approximate surface area is 281 Å². The number of rotatable bonds is 16. The van der Waals surface area contributed by atoms with Crippen molar-refractivity contribution in [1.82, 2.24) is 0 Å². The van der Waals surface area contributed by atoms with E-state index in [4.69, 9.17) is 0 Å². The zero-order chi connectivity index (χ0) is 32.4. The zero-order valence-electron chi connectivity index (χ0n) is 29.2.